The first-order chi connectivity index (χ1) is 12.0. The van der Waals surface area contributed by atoms with Gasteiger partial charge >= 0.3 is 0 Å². The van der Waals surface area contributed by atoms with Gasteiger partial charge in [0.05, 0.1) is 25.3 Å². The second kappa shape index (κ2) is 8.86. The third-order valence-electron chi connectivity index (χ3n) is 4.11. The zero-order valence-corrected chi connectivity index (χ0v) is 14.3. The first-order valence-corrected chi connectivity index (χ1v) is 8.17. The van der Waals surface area contributed by atoms with Gasteiger partial charge in [-0.15, -0.1) is 0 Å². The van der Waals surface area contributed by atoms with E-state index in [1.165, 1.54) is 0 Å². The number of benzene rings is 1. The van der Waals surface area contributed by atoms with E-state index in [9.17, 15) is 14.4 Å². The maximum Gasteiger partial charge on any atom is 0.243 e. The standard InChI is InChI=1S/C18H23N3O4/c1-3-16(22)19-11-17(23)21-10-6-7-13(12-21)18(24)20-14-8-4-5-9-15(14)25-2/h3-5,8-9,13H,1,6-7,10-12H2,2H3,(H,19,22)(H,20,24). The summed E-state index contributed by atoms with van der Waals surface area (Å²) in [6, 6.07) is 7.19. The van der Waals surface area contributed by atoms with Crippen molar-refractivity contribution < 1.29 is 19.1 Å². The molecule has 3 amide bonds. The van der Waals surface area contributed by atoms with E-state index < -0.39 is 5.91 Å². The molecule has 0 spiro atoms. The van der Waals surface area contributed by atoms with Crippen molar-refractivity contribution in [3.8, 4) is 5.75 Å². The van der Waals surface area contributed by atoms with Crippen molar-refractivity contribution >= 4 is 23.4 Å². The minimum atomic E-state index is -0.393. The highest BCUT2D eigenvalue weighted by molar-refractivity contribution is 5.95. The Morgan fingerprint density at radius 2 is 2.12 bits per heavy atom. The number of hydrogen-bond acceptors (Lipinski definition) is 4. The molecule has 7 nitrogen and oxygen atoms in total. The number of rotatable bonds is 6. The average Bonchev–Trinajstić information content (AvgIpc) is 2.66. The molecule has 0 aromatic heterocycles. The van der Waals surface area contributed by atoms with Gasteiger partial charge in [-0.2, -0.15) is 0 Å². The molecule has 1 atom stereocenters. The van der Waals surface area contributed by atoms with Crippen LogP contribution in [0.3, 0.4) is 0 Å². The van der Waals surface area contributed by atoms with Crippen LogP contribution in [0.5, 0.6) is 5.75 Å². The number of amides is 3. The SMILES string of the molecule is C=CC(=O)NCC(=O)N1CCCC(C(=O)Nc2ccccc2OC)C1. The Hall–Kier alpha value is -2.83. The number of piperidine rings is 1. The lowest BCUT2D eigenvalue weighted by Crippen LogP contribution is -2.47. The van der Waals surface area contributed by atoms with Crippen LogP contribution in [0, 0.1) is 5.92 Å². The maximum atomic E-state index is 12.5. The monoisotopic (exact) mass is 345 g/mol. The lowest BCUT2D eigenvalue weighted by molar-refractivity contribution is -0.135. The van der Waals surface area contributed by atoms with Gasteiger partial charge in [-0.1, -0.05) is 18.7 Å². The van der Waals surface area contributed by atoms with Crippen LogP contribution in [0.2, 0.25) is 0 Å². The summed E-state index contributed by atoms with van der Waals surface area (Å²) in [6.07, 6.45) is 2.57. The van der Waals surface area contributed by atoms with Crippen LogP contribution in [0.15, 0.2) is 36.9 Å². The van der Waals surface area contributed by atoms with E-state index in [1.807, 2.05) is 12.1 Å². The second-order valence-electron chi connectivity index (χ2n) is 5.79. The van der Waals surface area contributed by atoms with Gasteiger partial charge in [0, 0.05) is 13.1 Å². The molecule has 0 radical (unpaired) electrons. The molecule has 1 unspecified atom stereocenters. The van der Waals surface area contributed by atoms with E-state index in [4.69, 9.17) is 4.74 Å². The van der Waals surface area contributed by atoms with Crippen LogP contribution in [0.4, 0.5) is 5.69 Å². The summed E-state index contributed by atoms with van der Waals surface area (Å²) in [4.78, 5) is 37.5. The first kappa shape index (κ1) is 18.5. The highest BCUT2D eigenvalue weighted by atomic mass is 16.5. The van der Waals surface area contributed by atoms with Gasteiger partial charge in [0.25, 0.3) is 0 Å². The molecule has 7 heteroatoms. The fourth-order valence-corrected chi connectivity index (χ4v) is 2.75. The molecular weight excluding hydrogens is 322 g/mol. The van der Waals surface area contributed by atoms with Crippen molar-refractivity contribution in [3.63, 3.8) is 0 Å². The van der Waals surface area contributed by atoms with Gasteiger partial charge in [-0.3, -0.25) is 14.4 Å². The number of ether oxygens (including phenoxy) is 1. The van der Waals surface area contributed by atoms with Crippen LogP contribution in [-0.2, 0) is 14.4 Å². The summed E-state index contributed by atoms with van der Waals surface area (Å²) >= 11 is 0. The molecule has 25 heavy (non-hydrogen) atoms. The van der Waals surface area contributed by atoms with Gasteiger partial charge in [-0.05, 0) is 31.1 Å². The summed E-state index contributed by atoms with van der Waals surface area (Å²) in [5.41, 5.74) is 0.608. The number of nitrogens with one attached hydrogen (secondary N) is 2. The Labute approximate surface area is 147 Å². The van der Waals surface area contributed by atoms with E-state index in [1.54, 1.807) is 24.1 Å². The van der Waals surface area contributed by atoms with Crippen molar-refractivity contribution in [1.29, 1.82) is 0 Å². The van der Waals surface area contributed by atoms with Crippen LogP contribution >= 0.6 is 0 Å². The molecule has 1 aliphatic rings. The molecule has 1 aliphatic heterocycles. The summed E-state index contributed by atoms with van der Waals surface area (Å²) in [7, 11) is 1.55. The molecule has 1 aromatic rings. The summed E-state index contributed by atoms with van der Waals surface area (Å²) in [5.74, 6) is -0.442. The fourth-order valence-electron chi connectivity index (χ4n) is 2.75. The van der Waals surface area contributed by atoms with Gasteiger partial charge in [0.1, 0.15) is 5.75 Å². The molecule has 1 saturated heterocycles. The van der Waals surface area contributed by atoms with Crippen LogP contribution in [0.1, 0.15) is 12.8 Å². The van der Waals surface area contributed by atoms with Gasteiger partial charge < -0.3 is 20.3 Å². The molecule has 0 saturated carbocycles. The zero-order valence-electron chi connectivity index (χ0n) is 14.3. The predicted molar refractivity (Wildman–Crippen MR) is 94.1 cm³/mol. The normalized spacial score (nSPS) is 16.7. The van der Waals surface area contributed by atoms with E-state index >= 15 is 0 Å². The van der Waals surface area contributed by atoms with Gasteiger partial charge in [0.15, 0.2) is 0 Å². The lowest BCUT2D eigenvalue weighted by Gasteiger charge is -2.32. The minimum absolute atomic E-state index is 0.0916. The Bertz CT molecular complexity index is 659. The highest BCUT2D eigenvalue weighted by Crippen LogP contribution is 2.25. The molecule has 134 valence electrons. The van der Waals surface area contributed by atoms with Crippen LogP contribution in [-0.4, -0.2) is 49.4 Å². The number of carbonyl (C=O) groups is 3. The third-order valence-corrected chi connectivity index (χ3v) is 4.11. The molecule has 0 bridgehead atoms. The maximum absolute atomic E-state index is 12.5. The largest absolute Gasteiger partial charge is 0.495 e. The Morgan fingerprint density at radius 1 is 1.36 bits per heavy atom. The predicted octanol–water partition coefficient (Wildman–Crippen LogP) is 1.17. The van der Waals surface area contributed by atoms with Crippen LogP contribution in [0.25, 0.3) is 0 Å². The Morgan fingerprint density at radius 3 is 2.84 bits per heavy atom. The molecule has 1 fully saturated rings. The third kappa shape index (κ3) is 5.07. The second-order valence-corrected chi connectivity index (χ2v) is 5.79. The number of anilines is 1. The Kier molecular flexibility index (Phi) is 6.56. The van der Waals surface area contributed by atoms with Crippen molar-refractivity contribution in [2.24, 2.45) is 5.92 Å². The number of nitrogens with zero attached hydrogens (tertiary/aromatic N) is 1. The smallest absolute Gasteiger partial charge is 0.243 e. The fraction of sp³-hybridized carbons (Fsp3) is 0.389. The highest BCUT2D eigenvalue weighted by Gasteiger charge is 2.28. The van der Waals surface area contributed by atoms with Crippen molar-refractivity contribution in [2.75, 3.05) is 32.1 Å². The van der Waals surface area contributed by atoms with Crippen molar-refractivity contribution in [2.45, 2.75) is 12.8 Å². The summed E-state index contributed by atoms with van der Waals surface area (Å²) < 4.78 is 5.23. The molecule has 2 N–H and O–H groups in total. The molecule has 1 aromatic carbocycles. The summed E-state index contributed by atoms with van der Waals surface area (Å²) in [6.45, 7) is 4.17. The number of hydrogen-bond donors (Lipinski definition) is 2. The van der Waals surface area contributed by atoms with Crippen molar-refractivity contribution in [1.82, 2.24) is 10.2 Å². The number of methoxy groups -OCH3 is 1. The first-order valence-electron chi connectivity index (χ1n) is 8.17. The quantitative estimate of drug-likeness (QED) is 0.758. The van der Waals surface area contributed by atoms with E-state index in [2.05, 4.69) is 17.2 Å². The lowest BCUT2D eigenvalue weighted by atomic mass is 9.97. The molecular formula is C18H23N3O4. The Balaban J connectivity index is 1.93. The average molecular weight is 345 g/mol. The van der Waals surface area contributed by atoms with Crippen molar-refractivity contribution in [3.05, 3.63) is 36.9 Å². The molecule has 2 rings (SSSR count). The van der Waals surface area contributed by atoms with Crippen LogP contribution < -0.4 is 15.4 Å². The van der Waals surface area contributed by atoms with Gasteiger partial charge in [0.2, 0.25) is 17.7 Å². The van der Waals surface area contributed by atoms with E-state index in [-0.39, 0.29) is 24.3 Å². The minimum Gasteiger partial charge on any atom is -0.495 e. The molecule has 1 heterocycles. The molecule has 0 aliphatic carbocycles. The number of carbonyl (C=O) groups excluding carboxylic acids is 3. The number of para-hydroxylation sites is 2. The topological polar surface area (TPSA) is 87.7 Å². The van der Waals surface area contributed by atoms with E-state index in [0.29, 0.717) is 30.9 Å². The van der Waals surface area contributed by atoms with E-state index in [0.717, 1.165) is 12.5 Å². The summed E-state index contributed by atoms with van der Waals surface area (Å²) in [5, 5.41) is 5.33. The van der Waals surface area contributed by atoms with Gasteiger partial charge in [-0.25, -0.2) is 0 Å². The number of likely N-dealkylation sites (tertiary alicyclic amines) is 1. The zero-order chi connectivity index (χ0) is 18.2.